The molecule has 0 spiro atoms. The van der Waals surface area contributed by atoms with E-state index in [1.165, 1.54) is 11.1 Å². The van der Waals surface area contributed by atoms with Crippen LogP contribution in [0.4, 0.5) is 0 Å². The lowest BCUT2D eigenvalue weighted by Gasteiger charge is -2.31. The third-order valence-electron chi connectivity index (χ3n) is 3.83. The lowest BCUT2D eigenvalue weighted by atomic mass is 9.86. The molecule has 88 valence electrons. The van der Waals surface area contributed by atoms with Crippen LogP contribution in [0, 0.1) is 13.8 Å². The van der Waals surface area contributed by atoms with Crippen LogP contribution in [0.2, 0.25) is 0 Å². The summed E-state index contributed by atoms with van der Waals surface area (Å²) in [7, 11) is 0. The molecule has 2 N–H and O–H groups in total. The number of rotatable bonds is 2. The van der Waals surface area contributed by atoms with Gasteiger partial charge in [0.2, 0.25) is 0 Å². The first-order valence-corrected chi connectivity index (χ1v) is 6.05. The van der Waals surface area contributed by atoms with Gasteiger partial charge in [-0.3, -0.25) is 0 Å². The van der Waals surface area contributed by atoms with E-state index in [9.17, 15) is 5.11 Å². The molecule has 1 aliphatic heterocycles. The molecule has 0 amide bonds. The maximum Gasteiger partial charge on any atom is 0.102 e. The number of hydrogen-bond acceptors (Lipinski definition) is 2. The molecule has 2 atom stereocenters. The summed E-state index contributed by atoms with van der Waals surface area (Å²) in [5.74, 6) is 0. The highest BCUT2D eigenvalue weighted by Crippen LogP contribution is 2.30. The Morgan fingerprint density at radius 3 is 2.62 bits per heavy atom. The molecule has 0 aromatic heterocycles. The van der Waals surface area contributed by atoms with Crippen molar-refractivity contribution in [2.45, 2.75) is 45.3 Å². The van der Waals surface area contributed by atoms with Crippen molar-refractivity contribution < 1.29 is 5.11 Å². The van der Waals surface area contributed by atoms with E-state index < -0.39 is 5.60 Å². The Balaban J connectivity index is 2.30. The molecule has 1 aromatic rings. The Kier molecular flexibility index (Phi) is 3.04. The van der Waals surface area contributed by atoms with Crippen molar-refractivity contribution >= 4 is 0 Å². The number of aliphatic hydroxyl groups is 1. The van der Waals surface area contributed by atoms with Gasteiger partial charge < -0.3 is 10.4 Å². The maximum atomic E-state index is 10.6. The molecule has 2 rings (SSSR count). The van der Waals surface area contributed by atoms with Gasteiger partial charge in [-0.2, -0.15) is 0 Å². The molecule has 2 heteroatoms. The zero-order valence-electron chi connectivity index (χ0n) is 10.4. The van der Waals surface area contributed by atoms with E-state index in [-0.39, 0.29) is 6.04 Å². The minimum Gasteiger partial charge on any atom is -0.384 e. The summed E-state index contributed by atoms with van der Waals surface area (Å²) < 4.78 is 0. The molecule has 0 bridgehead atoms. The first kappa shape index (κ1) is 11.6. The van der Waals surface area contributed by atoms with E-state index in [4.69, 9.17) is 0 Å². The predicted molar refractivity (Wildman–Crippen MR) is 66.5 cm³/mol. The van der Waals surface area contributed by atoms with Gasteiger partial charge >= 0.3 is 0 Å². The van der Waals surface area contributed by atoms with Crippen LogP contribution in [0.25, 0.3) is 0 Å². The highest BCUT2D eigenvalue weighted by Gasteiger charge is 2.35. The minimum atomic E-state index is -0.755. The fourth-order valence-corrected chi connectivity index (χ4v) is 2.42. The van der Waals surface area contributed by atoms with Crippen molar-refractivity contribution in [1.82, 2.24) is 5.32 Å². The second-order valence-corrected chi connectivity index (χ2v) is 5.10. The van der Waals surface area contributed by atoms with Crippen LogP contribution in [-0.2, 0) is 5.60 Å². The Morgan fingerprint density at radius 2 is 2.06 bits per heavy atom. The molecule has 2 unspecified atom stereocenters. The molecule has 2 nitrogen and oxygen atoms in total. The number of nitrogens with one attached hydrogen (secondary N) is 1. The molecular weight excluding hydrogens is 198 g/mol. The average Bonchev–Trinajstić information content (AvgIpc) is 2.75. The van der Waals surface area contributed by atoms with Gasteiger partial charge in [0, 0.05) is 6.04 Å². The lowest BCUT2D eigenvalue weighted by Crippen LogP contribution is -2.42. The van der Waals surface area contributed by atoms with Crippen molar-refractivity contribution in [2.24, 2.45) is 0 Å². The fourth-order valence-electron chi connectivity index (χ4n) is 2.42. The molecule has 1 heterocycles. The SMILES string of the molecule is Cc1ccc(C(C)(O)C2CCCN2)cc1C. The number of aryl methyl sites for hydroxylation is 2. The summed E-state index contributed by atoms with van der Waals surface area (Å²) in [6.07, 6.45) is 2.21. The van der Waals surface area contributed by atoms with Crippen LogP contribution in [0.1, 0.15) is 36.5 Å². The number of benzene rings is 1. The van der Waals surface area contributed by atoms with Crippen molar-refractivity contribution in [3.63, 3.8) is 0 Å². The summed E-state index contributed by atoms with van der Waals surface area (Å²) >= 11 is 0. The largest absolute Gasteiger partial charge is 0.384 e. The van der Waals surface area contributed by atoms with Gasteiger partial charge in [-0.1, -0.05) is 18.2 Å². The normalized spacial score (nSPS) is 24.4. The monoisotopic (exact) mass is 219 g/mol. The van der Waals surface area contributed by atoms with Crippen LogP contribution >= 0.6 is 0 Å². The Labute approximate surface area is 97.7 Å². The zero-order chi connectivity index (χ0) is 11.8. The van der Waals surface area contributed by atoms with E-state index in [2.05, 4.69) is 31.3 Å². The molecule has 16 heavy (non-hydrogen) atoms. The smallest absolute Gasteiger partial charge is 0.102 e. The van der Waals surface area contributed by atoms with E-state index >= 15 is 0 Å². The molecule has 0 radical (unpaired) electrons. The van der Waals surface area contributed by atoms with E-state index in [0.717, 1.165) is 24.9 Å². The summed E-state index contributed by atoms with van der Waals surface area (Å²) in [6.45, 7) is 7.13. The summed E-state index contributed by atoms with van der Waals surface area (Å²) in [5, 5.41) is 14.0. The van der Waals surface area contributed by atoms with Gasteiger partial charge in [0.05, 0.1) is 0 Å². The molecule has 1 saturated heterocycles. The standard InChI is InChI=1S/C14H21NO/c1-10-6-7-12(9-11(10)2)14(3,16)13-5-4-8-15-13/h6-7,9,13,15-16H,4-5,8H2,1-3H3. The molecule has 1 aromatic carbocycles. The summed E-state index contributed by atoms with van der Waals surface area (Å²) in [5.41, 5.74) is 2.79. The van der Waals surface area contributed by atoms with Crippen LogP contribution < -0.4 is 5.32 Å². The van der Waals surface area contributed by atoms with E-state index in [0.29, 0.717) is 0 Å². The van der Waals surface area contributed by atoms with Crippen molar-refractivity contribution in [3.8, 4) is 0 Å². The van der Waals surface area contributed by atoms with Crippen LogP contribution in [0.5, 0.6) is 0 Å². The van der Waals surface area contributed by atoms with Crippen molar-refractivity contribution in [2.75, 3.05) is 6.54 Å². The maximum absolute atomic E-state index is 10.6. The third-order valence-corrected chi connectivity index (χ3v) is 3.83. The summed E-state index contributed by atoms with van der Waals surface area (Å²) in [6, 6.07) is 6.43. The third kappa shape index (κ3) is 2.00. The Hall–Kier alpha value is -0.860. The second kappa shape index (κ2) is 4.19. The van der Waals surface area contributed by atoms with Gasteiger partial charge in [0.25, 0.3) is 0 Å². The van der Waals surface area contributed by atoms with Crippen LogP contribution in [0.15, 0.2) is 18.2 Å². The molecule has 1 aliphatic rings. The van der Waals surface area contributed by atoms with E-state index in [1.54, 1.807) is 0 Å². The highest BCUT2D eigenvalue weighted by molar-refractivity contribution is 5.34. The Bertz CT molecular complexity index is 378. The van der Waals surface area contributed by atoms with Gasteiger partial charge in [0.1, 0.15) is 5.60 Å². The van der Waals surface area contributed by atoms with Crippen molar-refractivity contribution in [1.29, 1.82) is 0 Å². The average molecular weight is 219 g/mol. The molecule has 0 saturated carbocycles. The molecule has 1 fully saturated rings. The zero-order valence-corrected chi connectivity index (χ0v) is 10.4. The minimum absolute atomic E-state index is 0.189. The van der Waals surface area contributed by atoms with Gasteiger partial charge in [-0.25, -0.2) is 0 Å². The first-order valence-electron chi connectivity index (χ1n) is 6.05. The van der Waals surface area contributed by atoms with Crippen LogP contribution in [-0.4, -0.2) is 17.7 Å². The van der Waals surface area contributed by atoms with E-state index in [1.807, 2.05) is 13.0 Å². The van der Waals surface area contributed by atoms with Crippen molar-refractivity contribution in [3.05, 3.63) is 34.9 Å². The quantitative estimate of drug-likeness (QED) is 0.799. The summed E-state index contributed by atoms with van der Waals surface area (Å²) in [4.78, 5) is 0. The molecule has 0 aliphatic carbocycles. The van der Waals surface area contributed by atoms with Gasteiger partial charge in [-0.15, -0.1) is 0 Å². The first-order chi connectivity index (χ1) is 7.51. The van der Waals surface area contributed by atoms with Gasteiger partial charge in [-0.05, 0) is 56.8 Å². The molecular formula is C14H21NO. The van der Waals surface area contributed by atoms with Crippen LogP contribution in [0.3, 0.4) is 0 Å². The van der Waals surface area contributed by atoms with Gasteiger partial charge in [0.15, 0.2) is 0 Å². The fraction of sp³-hybridized carbons (Fsp3) is 0.571. The second-order valence-electron chi connectivity index (χ2n) is 5.10. The topological polar surface area (TPSA) is 32.3 Å². The predicted octanol–water partition coefficient (Wildman–Crippen LogP) is 2.26. The number of hydrogen-bond donors (Lipinski definition) is 2. The lowest BCUT2D eigenvalue weighted by molar-refractivity contribution is 0.0218. The Morgan fingerprint density at radius 1 is 1.31 bits per heavy atom. The highest BCUT2D eigenvalue weighted by atomic mass is 16.3.